The van der Waals surface area contributed by atoms with Crippen LogP contribution in [0.4, 0.5) is 0 Å². The molecule has 120 valence electrons. The van der Waals surface area contributed by atoms with Gasteiger partial charge in [0.2, 0.25) is 5.91 Å². The van der Waals surface area contributed by atoms with Gasteiger partial charge in [-0.05, 0) is 51.2 Å². The van der Waals surface area contributed by atoms with Crippen LogP contribution in [0.5, 0.6) is 0 Å². The van der Waals surface area contributed by atoms with E-state index in [1.54, 1.807) is 0 Å². The molecule has 6 heteroatoms. The van der Waals surface area contributed by atoms with Gasteiger partial charge in [0.1, 0.15) is 0 Å². The van der Waals surface area contributed by atoms with Crippen molar-refractivity contribution in [2.24, 2.45) is 5.92 Å². The van der Waals surface area contributed by atoms with Crippen molar-refractivity contribution < 1.29 is 4.79 Å². The van der Waals surface area contributed by atoms with Crippen molar-refractivity contribution in [1.29, 1.82) is 0 Å². The van der Waals surface area contributed by atoms with E-state index in [2.05, 4.69) is 22.5 Å². The van der Waals surface area contributed by atoms with Gasteiger partial charge in [0, 0.05) is 25.6 Å². The highest BCUT2D eigenvalue weighted by atomic mass is 35.5. The Morgan fingerprint density at radius 2 is 1.85 bits per heavy atom. The van der Waals surface area contributed by atoms with Crippen LogP contribution in [-0.2, 0) is 4.79 Å². The second-order valence-corrected chi connectivity index (χ2v) is 5.61. The van der Waals surface area contributed by atoms with Crippen LogP contribution >= 0.6 is 24.8 Å². The number of piperidine rings is 1. The maximum atomic E-state index is 11.8. The number of likely N-dealkylation sites (N-methyl/N-ethyl adjacent to an activating group) is 1. The fraction of sp³-hybridized carbons (Fsp3) is 0.929. The summed E-state index contributed by atoms with van der Waals surface area (Å²) in [5.41, 5.74) is 0. The predicted octanol–water partition coefficient (Wildman–Crippen LogP) is 1.82. The summed E-state index contributed by atoms with van der Waals surface area (Å²) in [6.45, 7) is 7.28. The largest absolute Gasteiger partial charge is 0.355 e. The molecule has 2 N–H and O–H groups in total. The van der Waals surface area contributed by atoms with E-state index in [1.165, 1.54) is 12.8 Å². The van der Waals surface area contributed by atoms with E-state index in [0.717, 1.165) is 58.0 Å². The highest BCUT2D eigenvalue weighted by Gasteiger charge is 2.27. The maximum absolute atomic E-state index is 11.8. The fourth-order valence-corrected chi connectivity index (χ4v) is 2.80. The Morgan fingerprint density at radius 3 is 2.40 bits per heavy atom. The average molecular weight is 326 g/mol. The molecule has 1 amide bonds. The van der Waals surface area contributed by atoms with Crippen LogP contribution in [0.25, 0.3) is 0 Å². The van der Waals surface area contributed by atoms with E-state index in [4.69, 9.17) is 0 Å². The molecule has 0 aromatic heterocycles. The summed E-state index contributed by atoms with van der Waals surface area (Å²) in [7, 11) is 0. The van der Waals surface area contributed by atoms with Gasteiger partial charge in [0.15, 0.2) is 0 Å². The van der Waals surface area contributed by atoms with Gasteiger partial charge < -0.3 is 10.6 Å². The topological polar surface area (TPSA) is 44.4 Å². The first-order chi connectivity index (χ1) is 8.79. The Kier molecular flexibility index (Phi) is 10.6. The number of rotatable bonds is 7. The van der Waals surface area contributed by atoms with Crippen LogP contribution in [0.15, 0.2) is 0 Å². The highest BCUT2D eigenvalue weighted by molar-refractivity contribution is 5.85. The zero-order valence-corrected chi connectivity index (χ0v) is 14.0. The van der Waals surface area contributed by atoms with Crippen molar-refractivity contribution in [2.75, 3.05) is 32.7 Å². The smallest absolute Gasteiger partial charge is 0.220 e. The molecule has 0 radical (unpaired) electrons. The zero-order chi connectivity index (χ0) is 12.8. The number of hydrogen-bond donors (Lipinski definition) is 2. The average Bonchev–Trinajstić information content (AvgIpc) is 3.20. The van der Waals surface area contributed by atoms with Gasteiger partial charge in [0.25, 0.3) is 0 Å². The lowest BCUT2D eigenvalue weighted by molar-refractivity contribution is -0.122. The predicted molar refractivity (Wildman–Crippen MR) is 88.0 cm³/mol. The summed E-state index contributed by atoms with van der Waals surface area (Å²) in [5, 5.41) is 6.41. The normalized spacial score (nSPS) is 19.1. The molecular weight excluding hydrogens is 297 g/mol. The van der Waals surface area contributed by atoms with Crippen LogP contribution in [-0.4, -0.2) is 49.6 Å². The molecule has 0 aromatic carbocycles. The van der Waals surface area contributed by atoms with E-state index in [-0.39, 0.29) is 30.7 Å². The van der Waals surface area contributed by atoms with Crippen LogP contribution < -0.4 is 10.6 Å². The Bertz CT molecular complexity index is 269. The van der Waals surface area contributed by atoms with Crippen LogP contribution in [0.1, 0.15) is 39.0 Å². The number of amides is 1. The molecule has 1 heterocycles. The lowest BCUT2D eigenvalue weighted by atomic mass is 9.94. The van der Waals surface area contributed by atoms with Gasteiger partial charge >= 0.3 is 0 Å². The maximum Gasteiger partial charge on any atom is 0.220 e. The van der Waals surface area contributed by atoms with Crippen molar-refractivity contribution in [1.82, 2.24) is 15.5 Å². The lowest BCUT2D eigenvalue weighted by Crippen LogP contribution is -2.37. The molecular formula is C14H29Cl2N3O. The van der Waals surface area contributed by atoms with Crippen LogP contribution in [0.3, 0.4) is 0 Å². The van der Waals surface area contributed by atoms with Crippen LogP contribution in [0.2, 0.25) is 0 Å². The number of nitrogens with one attached hydrogen (secondary N) is 2. The molecule has 2 fully saturated rings. The molecule has 0 bridgehead atoms. The number of carbonyl (C=O) groups excluding carboxylic acids is 1. The molecule has 0 atom stereocenters. The molecule has 1 aliphatic heterocycles. The van der Waals surface area contributed by atoms with Crippen molar-refractivity contribution >= 4 is 30.7 Å². The Hall–Kier alpha value is -0.0300. The van der Waals surface area contributed by atoms with Gasteiger partial charge in [-0.15, -0.1) is 24.8 Å². The first-order valence-corrected chi connectivity index (χ1v) is 7.51. The second-order valence-electron chi connectivity index (χ2n) is 5.61. The highest BCUT2D eigenvalue weighted by Crippen LogP contribution is 2.25. The van der Waals surface area contributed by atoms with E-state index >= 15 is 0 Å². The van der Waals surface area contributed by atoms with E-state index in [1.807, 2.05) is 0 Å². The molecule has 4 nitrogen and oxygen atoms in total. The van der Waals surface area contributed by atoms with Crippen molar-refractivity contribution in [3.8, 4) is 0 Å². The minimum Gasteiger partial charge on any atom is -0.355 e. The zero-order valence-electron chi connectivity index (χ0n) is 12.4. The molecule has 0 aromatic rings. The standard InChI is InChI=1S/C14H27N3O.2ClH/c1-2-17(13-3-4-13)10-9-16-14(18)11-12-5-7-15-8-6-12;;/h12-13,15H,2-11H2,1H3,(H,16,18);2*1H. The molecule has 20 heavy (non-hydrogen) atoms. The minimum atomic E-state index is 0. The molecule has 1 aliphatic carbocycles. The molecule has 1 saturated carbocycles. The van der Waals surface area contributed by atoms with Gasteiger partial charge in [-0.1, -0.05) is 6.92 Å². The van der Waals surface area contributed by atoms with Crippen molar-refractivity contribution in [3.63, 3.8) is 0 Å². The first-order valence-electron chi connectivity index (χ1n) is 7.51. The summed E-state index contributed by atoms with van der Waals surface area (Å²) in [5.74, 6) is 0.839. The van der Waals surface area contributed by atoms with E-state index < -0.39 is 0 Å². The minimum absolute atomic E-state index is 0. The number of carbonyl (C=O) groups is 1. The lowest BCUT2D eigenvalue weighted by Gasteiger charge is -2.23. The number of halogens is 2. The number of hydrogen-bond acceptors (Lipinski definition) is 3. The summed E-state index contributed by atoms with van der Waals surface area (Å²) >= 11 is 0. The SMILES string of the molecule is CCN(CCNC(=O)CC1CCNCC1)C1CC1.Cl.Cl. The van der Waals surface area contributed by atoms with Gasteiger partial charge in [-0.25, -0.2) is 0 Å². The van der Waals surface area contributed by atoms with Gasteiger partial charge in [-0.2, -0.15) is 0 Å². The third-order valence-corrected chi connectivity index (χ3v) is 4.12. The summed E-state index contributed by atoms with van der Waals surface area (Å²) in [6, 6.07) is 0.802. The monoisotopic (exact) mass is 325 g/mol. The Balaban J connectivity index is 0.00000180. The first kappa shape index (κ1) is 20.0. The quantitative estimate of drug-likeness (QED) is 0.750. The van der Waals surface area contributed by atoms with E-state index in [9.17, 15) is 4.79 Å². The van der Waals surface area contributed by atoms with Gasteiger partial charge in [-0.3, -0.25) is 9.69 Å². The molecule has 0 unspecified atom stereocenters. The van der Waals surface area contributed by atoms with E-state index in [0.29, 0.717) is 5.92 Å². The fourth-order valence-electron chi connectivity index (χ4n) is 2.80. The van der Waals surface area contributed by atoms with Crippen molar-refractivity contribution in [3.05, 3.63) is 0 Å². The third-order valence-electron chi connectivity index (χ3n) is 4.12. The summed E-state index contributed by atoms with van der Waals surface area (Å²) in [6.07, 6.45) is 5.71. The second kappa shape index (κ2) is 10.7. The Morgan fingerprint density at radius 1 is 1.20 bits per heavy atom. The van der Waals surface area contributed by atoms with Crippen LogP contribution in [0, 0.1) is 5.92 Å². The molecule has 1 saturated heterocycles. The van der Waals surface area contributed by atoms with Crippen molar-refractivity contribution in [2.45, 2.75) is 45.1 Å². The molecule has 0 spiro atoms. The molecule has 2 rings (SSSR count). The Labute approximate surface area is 135 Å². The molecule has 2 aliphatic rings. The van der Waals surface area contributed by atoms with Gasteiger partial charge in [0.05, 0.1) is 0 Å². The number of nitrogens with zero attached hydrogens (tertiary/aromatic N) is 1. The third kappa shape index (κ3) is 7.11. The summed E-state index contributed by atoms with van der Waals surface area (Å²) < 4.78 is 0. The summed E-state index contributed by atoms with van der Waals surface area (Å²) in [4.78, 5) is 14.3.